The summed E-state index contributed by atoms with van der Waals surface area (Å²) >= 11 is 1.63. The van der Waals surface area contributed by atoms with Gasteiger partial charge >= 0.3 is 12.0 Å². The number of carboxylic acids is 1. The predicted octanol–water partition coefficient (Wildman–Crippen LogP) is 3.35. The number of aryl methyl sites for hydroxylation is 1. The highest BCUT2D eigenvalue weighted by atomic mass is 32.1. The Morgan fingerprint density at radius 3 is 2.54 bits per heavy atom. The second kappa shape index (κ2) is 9.11. The molecule has 7 nitrogen and oxygen atoms in total. The Hall–Kier alpha value is -1.83. The molecular formula is C20H32N4O3S. The van der Waals surface area contributed by atoms with E-state index in [0.717, 1.165) is 49.0 Å². The van der Waals surface area contributed by atoms with E-state index in [-0.39, 0.29) is 6.03 Å². The van der Waals surface area contributed by atoms with E-state index in [0.29, 0.717) is 18.9 Å². The number of piperazine rings is 1. The van der Waals surface area contributed by atoms with Crippen molar-refractivity contribution in [2.24, 2.45) is 5.41 Å². The van der Waals surface area contributed by atoms with Gasteiger partial charge in [0.1, 0.15) is 5.00 Å². The smallest absolute Gasteiger partial charge is 0.317 e. The zero-order chi connectivity index (χ0) is 20.1. The summed E-state index contributed by atoms with van der Waals surface area (Å²) in [4.78, 5) is 32.4. The molecule has 8 heteroatoms. The number of hydrogen-bond donors (Lipinski definition) is 2. The molecule has 0 spiro atoms. The predicted molar refractivity (Wildman–Crippen MR) is 111 cm³/mol. The van der Waals surface area contributed by atoms with E-state index in [1.165, 1.54) is 19.3 Å². The van der Waals surface area contributed by atoms with Crippen LogP contribution in [0.2, 0.25) is 0 Å². The fourth-order valence-corrected chi connectivity index (χ4v) is 4.70. The largest absolute Gasteiger partial charge is 0.481 e. The summed E-state index contributed by atoms with van der Waals surface area (Å²) in [6.07, 6.45) is 9.06. The topological polar surface area (TPSA) is 85.8 Å². The number of carbonyl (C=O) groups excluding carboxylic acids is 1. The number of carbonyl (C=O) groups is 2. The Morgan fingerprint density at radius 1 is 1.21 bits per heavy atom. The normalized spacial score (nSPS) is 18.9. The Labute approximate surface area is 171 Å². The maximum absolute atomic E-state index is 12.5. The lowest BCUT2D eigenvalue weighted by atomic mass is 9.88. The van der Waals surface area contributed by atoms with E-state index in [2.05, 4.69) is 15.2 Å². The van der Waals surface area contributed by atoms with Crippen LogP contribution in [0.5, 0.6) is 0 Å². The number of aliphatic carboxylic acids is 1. The average molecular weight is 409 g/mol. The molecule has 1 aliphatic carbocycles. The SMILES string of the molecule is CC(C)(CCc1ncc(N2CCN(C(=O)NC3CCCCC3)CC2)s1)C(=O)O. The van der Waals surface area contributed by atoms with Crippen LogP contribution in [-0.4, -0.2) is 59.2 Å². The van der Waals surface area contributed by atoms with Crippen molar-refractivity contribution >= 4 is 28.3 Å². The number of hydrogen-bond acceptors (Lipinski definition) is 5. The van der Waals surface area contributed by atoms with Gasteiger partial charge in [-0.15, -0.1) is 11.3 Å². The van der Waals surface area contributed by atoms with E-state index in [1.54, 1.807) is 25.2 Å². The summed E-state index contributed by atoms with van der Waals surface area (Å²) in [5.41, 5.74) is -0.733. The molecule has 0 bridgehead atoms. The van der Waals surface area contributed by atoms with Gasteiger partial charge in [0.25, 0.3) is 0 Å². The van der Waals surface area contributed by atoms with Crippen LogP contribution in [0.25, 0.3) is 0 Å². The molecule has 1 saturated heterocycles. The standard InChI is InChI=1S/C20H32N4O3S/c1-20(2,18(25)26)9-8-16-21-14-17(28-16)23-10-12-24(13-11-23)19(27)22-15-6-4-3-5-7-15/h14-15H,3-13H2,1-2H3,(H,22,27)(H,25,26). The Bertz CT molecular complexity index is 677. The number of nitrogens with one attached hydrogen (secondary N) is 1. The van der Waals surface area contributed by atoms with Crippen LogP contribution >= 0.6 is 11.3 Å². The molecule has 2 heterocycles. The van der Waals surface area contributed by atoms with Crippen molar-refractivity contribution in [1.29, 1.82) is 0 Å². The van der Waals surface area contributed by atoms with Gasteiger partial charge in [-0.1, -0.05) is 19.3 Å². The van der Waals surface area contributed by atoms with Crippen LogP contribution in [0.3, 0.4) is 0 Å². The minimum absolute atomic E-state index is 0.0763. The van der Waals surface area contributed by atoms with Gasteiger partial charge < -0.3 is 20.2 Å². The maximum Gasteiger partial charge on any atom is 0.317 e. The van der Waals surface area contributed by atoms with Crippen molar-refractivity contribution in [3.05, 3.63) is 11.2 Å². The van der Waals surface area contributed by atoms with E-state index >= 15 is 0 Å². The molecule has 0 unspecified atom stereocenters. The van der Waals surface area contributed by atoms with Gasteiger partial charge in [0.15, 0.2) is 0 Å². The fourth-order valence-electron chi connectivity index (χ4n) is 3.73. The van der Waals surface area contributed by atoms with Crippen LogP contribution in [-0.2, 0) is 11.2 Å². The zero-order valence-electron chi connectivity index (χ0n) is 16.9. The van der Waals surface area contributed by atoms with E-state index < -0.39 is 11.4 Å². The monoisotopic (exact) mass is 408 g/mol. The van der Waals surface area contributed by atoms with Crippen LogP contribution < -0.4 is 10.2 Å². The molecule has 1 aromatic heterocycles. The van der Waals surface area contributed by atoms with Crippen molar-refractivity contribution in [2.75, 3.05) is 31.1 Å². The van der Waals surface area contributed by atoms with Crippen LogP contribution in [0, 0.1) is 5.41 Å². The molecular weight excluding hydrogens is 376 g/mol. The molecule has 2 N–H and O–H groups in total. The minimum Gasteiger partial charge on any atom is -0.481 e. The number of thiazole rings is 1. The first-order valence-electron chi connectivity index (χ1n) is 10.3. The number of rotatable bonds is 6. The first-order chi connectivity index (χ1) is 13.3. The van der Waals surface area contributed by atoms with Crippen molar-refractivity contribution in [1.82, 2.24) is 15.2 Å². The highest BCUT2D eigenvalue weighted by Crippen LogP contribution is 2.29. The highest BCUT2D eigenvalue weighted by molar-refractivity contribution is 7.15. The van der Waals surface area contributed by atoms with Crippen LogP contribution in [0.15, 0.2) is 6.20 Å². The Balaban J connectivity index is 1.45. The molecule has 3 rings (SSSR count). The average Bonchev–Trinajstić information content (AvgIpc) is 3.16. The summed E-state index contributed by atoms with van der Waals surface area (Å²) in [5.74, 6) is -0.771. The van der Waals surface area contributed by atoms with Gasteiger partial charge in [-0.25, -0.2) is 9.78 Å². The molecule has 2 amide bonds. The second-order valence-electron chi connectivity index (χ2n) is 8.54. The first kappa shape index (κ1) is 20.9. The molecule has 2 fully saturated rings. The summed E-state index contributed by atoms with van der Waals surface area (Å²) in [5, 5.41) is 14.5. The Kier molecular flexibility index (Phi) is 6.80. The van der Waals surface area contributed by atoms with Crippen LogP contribution in [0.4, 0.5) is 9.80 Å². The molecule has 1 aromatic rings. The van der Waals surface area contributed by atoms with E-state index in [9.17, 15) is 14.7 Å². The van der Waals surface area contributed by atoms with Crippen molar-refractivity contribution in [3.8, 4) is 0 Å². The Morgan fingerprint density at radius 2 is 1.89 bits per heavy atom. The van der Waals surface area contributed by atoms with E-state index in [1.807, 2.05) is 11.1 Å². The van der Waals surface area contributed by atoms with Gasteiger partial charge in [-0.05, 0) is 33.1 Å². The number of anilines is 1. The lowest BCUT2D eigenvalue weighted by Gasteiger charge is -2.36. The molecule has 2 aliphatic rings. The second-order valence-corrected chi connectivity index (χ2v) is 9.63. The van der Waals surface area contributed by atoms with Gasteiger partial charge in [-0.2, -0.15) is 0 Å². The lowest BCUT2D eigenvalue weighted by molar-refractivity contribution is -0.147. The molecule has 156 valence electrons. The fraction of sp³-hybridized carbons (Fsp3) is 0.750. The molecule has 1 saturated carbocycles. The van der Waals surface area contributed by atoms with Crippen molar-refractivity contribution in [2.45, 2.75) is 64.8 Å². The van der Waals surface area contributed by atoms with Crippen LogP contribution in [0.1, 0.15) is 57.4 Å². The molecule has 0 aromatic carbocycles. The maximum atomic E-state index is 12.5. The first-order valence-corrected chi connectivity index (χ1v) is 11.2. The summed E-state index contributed by atoms with van der Waals surface area (Å²) in [6, 6.07) is 0.422. The third kappa shape index (κ3) is 5.37. The third-order valence-corrected chi connectivity index (χ3v) is 7.01. The summed E-state index contributed by atoms with van der Waals surface area (Å²) in [7, 11) is 0. The highest BCUT2D eigenvalue weighted by Gasteiger charge is 2.28. The van der Waals surface area contributed by atoms with E-state index in [4.69, 9.17) is 0 Å². The number of aromatic nitrogens is 1. The molecule has 1 aliphatic heterocycles. The van der Waals surface area contributed by atoms with Gasteiger partial charge in [0, 0.05) is 38.6 Å². The molecule has 28 heavy (non-hydrogen) atoms. The van der Waals surface area contributed by atoms with Gasteiger partial charge in [-0.3, -0.25) is 4.79 Å². The van der Waals surface area contributed by atoms with Crippen molar-refractivity contribution < 1.29 is 14.7 Å². The number of amides is 2. The zero-order valence-corrected chi connectivity index (χ0v) is 17.8. The lowest BCUT2D eigenvalue weighted by Crippen LogP contribution is -2.53. The van der Waals surface area contributed by atoms with Crippen molar-refractivity contribution in [3.63, 3.8) is 0 Å². The number of urea groups is 1. The summed E-state index contributed by atoms with van der Waals surface area (Å²) in [6.45, 7) is 6.55. The molecule has 0 radical (unpaired) electrons. The number of carboxylic acid groups (broad SMARTS) is 1. The third-order valence-electron chi connectivity index (χ3n) is 5.90. The van der Waals surface area contributed by atoms with Gasteiger partial charge in [0.05, 0.1) is 16.6 Å². The molecule has 0 atom stereocenters. The number of nitrogens with zero attached hydrogens (tertiary/aromatic N) is 3. The quantitative estimate of drug-likeness (QED) is 0.754. The minimum atomic E-state index is -0.771. The summed E-state index contributed by atoms with van der Waals surface area (Å²) < 4.78 is 0. The van der Waals surface area contributed by atoms with Gasteiger partial charge in [0.2, 0.25) is 0 Å².